The van der Waals surface area contributed by atoms with E-state index in [-0.39, 0.29) is 18.3 Å². The Hall–Kier alpha value is -1.47. The van der Waals surface area contributed by atoms with Crippen LogP contribution in [0, 0.1) is 6.92 Å². The predicted octanol–water partition coefficient (Wildman–Crippen LogP) is -0.783. The number of aromatic nitrogens is 3. The minimum absolute atomic E-state index is 0.0888. The van der Waals surface area contributed by atoms with Gasteiger partial charge in [-0.1, -0.05) is 5.21 Å². The SMILES string of the molecule is Cc1c(C(=O)O)nnn1[C@@H]1COC[C@H]1O. The third-order valence-electron chi connectivity index (χ3n) is 2.47. The zero-order valence-electron chi connectivity index (χ0n) is 8.12. The van der Waals surface area contributed by atoms with Crippen molar-refractivity contribution in [2.75, 3.05) is 13.2 Å². The van der Waals surface area contributed by atoms with Gasteiger partial charge in [-0.2, -0.15) is 0 Å². The Kier molecular flexibility index (Phi) is 2.41. The molecule has 0 bridgehead atoms. The van der Waals surface area contributed by atoms with E-state index in [1.807, 2.05) is 0 Å². The first-order chi connectivity index (χ1) is 7.11. The van der Waals surface area contributed by atoms with E-state index in [0.29, 0.717) is 12.3 Å². The molecule has 1 aliphatic rings. The number of rotatable bonds is 2. The molecule has 7 nitrogen and oxygen atoms in total. The fourth-order valence-corrected chi connectivity index (χ4v) is 1.62. The molecular formula is C8H11N3O4. The van der Waals surface area contributed by atoms with Gasteiger partial charge in [-0.3, -0.25) is 0 Å². The molecule has 2 N–H and O–H groups in total. The molecule has 0 radical (unpaired) electrons. The summed E-state index contributed by atoms with van der Waals surface area (Å²) in [4.78, 5) is 10.7. The highest BCUT2D eigenvalue weighted by atomic mass is 16.5. The van der Waals surface area contributed by atoms with Crippen molar-refractivity contribution in [3.05, 3.63) is 11.4 Å². The van der Waals surface area contributed by atoms with E-state index >= 15 is 0 Å². The van der Waals surface area contributed by atoms with Crippen LogP contribution in [-0.2, 0) is 4.74 Å². The molecule has 1 saturated heterocycles. The van der Waals surface area contributed by atoms with Crippen LogP contribution in [0.1, 0.15) is 22.2 Å². The minimum Gasteiger partial charge on any atom is -0.476 e. The molecule has 82 valence electrons. The van der Waals surface area contributed by atoms with Gasteiger partial charge in [0.25, 0.3) is 0 Å². The zero-order chi connectivity index (χ0) is 11.0. The van der Waals surface area contributed by atoms with Gasteiger partial charge in [0.1, 0.15) is 12.1 Å². The van der Waals surface area contributed by atoms with Crippen molar-refractivity contribution in [2.45, 2.75) is 19.1 Å². The van der Waals surface area contributed by atoms with Crippen molar-refractivity contribution in [3.8, 4) is 0 Å². The summed E-state index contributed by atoms with van der Waals surface area (Å²) >= 11 is 0. The molecule has 0 spiro atoms. The molecule has 2 rings (SSSR count). The summed E-state index contributed by atoms with van der Waals surface area (Å²) in [6.07, 6.45) is -0.660. The van der Waals surface area contributed by atoms with Crippen LogP contribution in [0.15, 0.2) is 0 Å². The van der Waals surface area contributed by atoms with Gasteiger partial charge in [0.2, 0.25) is 0 Å². The fourth-order valence-electron chi connectivity index (χ4n) is 1.62. The number of carboxylic acids is 1. The number of hydrogen-bond acceptors (Lipinski definition) is 5. The number of aliphatic hydroxyl groups is 1. The van der Waals surface area contributed by atoms with E-state index in [1.54, 1.807) is 6.92 Å². The fraction of sp³-hybridized carbons (Fsp3) is 0.625. The first kappa shape index (κ1) is 10.1. The smallest absolute Gasteiger partial charge is 0.358 e. The molecule has 15 heavy (non-hydrogen) atoms. The Bertz CT molecular complexity index is 389. The molecule has 1 aliphatic heterocycles. The van der Waals surface area contributed by atoms with Crippen LogP contribution in [0.5, 0.6) is 0 Å². The first-order valence-corrected chi connectivity index (χ1v) is 4.52. The quantitative estimate of drug-likeness (QED) is 0.668. The van der Waals surface area contributed by atoms with Crippen LogP contribution in [0.3, 0.4) is 0 Å². The number of nitrogens with zero attached hydrogens (tertiary/aromatic N) is 3. The first-order valence-electron chi connectivity index (χ1n) is 4.52. The van der Waals surface area contributed by atoms with Gasteiger partial charge >= 0.3 is 5.97 Å². The normalized spacial score (nSPS) is 25.7. The second kappa shape index (κ2) is 3.59. The number of carbonyl (C=O) groups is 1. The maximum Gasteiger partial charge on any atom is 0.358 e. The van der Waals surface area contributed by atoms with Gasteiger partial charge in [-0.25, -0.2) is 9.48 Å². The monoisotopic (exact) mass is 213 g/mol. The second-order valence-electron chi connectivity index (χ2n) is 3.45. The summed E-state index contributed by atoms with van der Waals surface area (Å²) in [6, 6.07) is -0.342. The highest BCUT2D eigenvalue weighted by Crippen LogP contribution is 2.20. The molecule has 0 aliphatic carbocycles. The van der Waals surface area contributed by atoms with E-state index in [4.69, 9.17) is 9.84 Å². The van der Waals surface area contributed by atoms with E-state index in [9.17, 15) is 9.90 Å². The molecule has 7 heteroatoms. The molecule has 0 saturated carbocycles. The number of hydrogen-bond donors (Lipinski definition) is 2. The Morgan fingerprint density at radius 1 is 1.60 bits per heavy atom. The number of ether oxygens (including phenoxy) is 1. The van der Waals surface area contributed by atoms with Crippen molar-refractivity contribution in [2.24, 2.45) is 0 Å². The van der Waals surface area contributed by atoms with Crippen molar-refractivity contribution in [1.82, 2.24) is 15.0 Å². The van der Waals surface area contributed by atoms with Crippen LogP contribution in [0.25, 0.3) is 0 Å². The second-order valence-corrected chi connectivity index (χ2v) is 3.45. The molecule has 0 unspecified atom stereocenters. The molecule has 2 atom stereocenters. The highest BCUT2D eigenvalue weighted by Gasteiger charge is 2.31. The molecule has 2 heterocycles. The van der Waals surface area contributed by atoms with Crippen molar-refractivity contribution in [3.63, 3.8) is 0 Å². The van der Waals surface area contributed by atoms with Gasteiger partial charge in [0, 0.05) is 0 Å². The summed E-state index contributed by atoms with van der Waals surface area (Å²) in [5.41, 5.74) is 0.339. The van der Waals surface area contributed by atoms with Crippen molar-refractivity contribution >= 4 is 5.97 Å². The molecular weight excluding hydrogens is 202 g/mol. The standard InChI is InChI=1S/C8H11N3O4/c1-4-7(8(13)14)9-10-11(4)5-2-15-3-6(5)12/h5-6,12H,2-3H2,1H3,(H,13,14)/t5-,6-/m1/s1. The molecule has 1 aromatic rings. The molecule has 1 fully saturated rings. The van der Waals surface area contributed by atoms with Gasteiger partial charge in [-0.05, 0) is 6.92 Å². The minimum atomic E-state index is -1.12. The zero-order valence-corrected chi connectivity index (χ0v) is 8.12. The lowest BCUT2D eigenvalue weighted by Crippen LogP contribution is -2.24. The number of carboxylic acid groups (broad SMARTS) is 1. The van der Waals surface area contributed by atoms with Crippen LogP contribution >= 0.6 is 0 Å². The van der Waals surface area contributed by atoms with Crippen molar-refractivity contribution in [1.29, 1.82) is 0 Å². The van der Waals surface area contributed by atoms with Crippen LogP contribution < -0.4 is 0 Å². The third kappa shape index (κ3) is 1.59. The number of aromatic carboxylic acids is 1. The third-order valence-corrected chi connectivity index (χ3v) is 2.47. The van der Waals surface area contributed by atoms with Crippen molar-refractivity contribution < 1.29 is 19.7 Å². The molecule has 1 aromatic heterocycles. The summed E-state index contributed by atoms with van der Waals surface area (Å²) in [7, 11) is 0. The average Bonchev–Trinajstić information content (AvgIpc) is 2.71. The predicted molar refractivity (Wildman–Crippen MR) is 47.6 cm³/mol. The maximum atomic E-state index is 10.7. The van der Waals surface area contributed by atoms with Gasteiger partial charge in [-0.15, -0.1) is 5.10 Å². The lowest BCUT2D eigenvalue weighted by atomic mass is 10.2. The van der Waals surface area contributed by atoms with Crippen LogP contribution in [-0.4, -0.2) is 50.5 Å². The topological polar surface area (TPSA) is 97.5 Å². The molecule has 0 amide bonds. The van der Waals surface area contributed by atoms with Gasteiger partial charge in [0.05, 0.1) is 18.9 Å². The largest absolute Gasteiger partial charge is 0.476 e. The van der Waals surface area contributed by atoms with E-state index in [1.165, 1.54) is 4.68 Å². The Morgan fingerprint density at radius 3 is 2.80 bits per heavy atom. The summed E-state index contributed by atoms with van der Waals surface area (Å²) < 4.78 is 6.47. The lowest BCUT2D eigenvalue weighted by molar-refractivity contribution is 0.0689. The van der Waals surface area contributed by atoms with E-state index in [2.05, 4.69) is 10.3 Å². The van der Waals surface area contributed by atoms with Gasteiger partial charge < -0.3 is 14.9 Å². The summed E-state index contributed by atoms with van der Waals surface area (Å²) in [6.45, 7) is 2.17. The highest BCUT2D eigenvalue weighted by molar-refractivity contribution is 5.86. The van der Waals surface area contributed by atoms with E-state index in [0.717, 1.165) is 0 Å². The molecule has 0 aromatic carbocycles. The van der Waals surface area contributed by atoms with E-state index < -0.39 is 12.1 Å². The van der Waals surface area contributed by atoms with Crippen LogP contribution in [0.4, 0.5) is 0 Å². The van der Waals surface area contributed by atoms with Gasteiger partial charge in [0.15, 0.2) is 5.69 Å². The summed E-state index contributed by atoms with van der Waals surface area (Å²) in [5, 5.41) is 25.6. The lowest BCUT2D eigenvalue weighted by Gasteiger charge is -2.13. The Balaban J connectivity index is 2.33. The average molecular weight is 213 g/mol. The Morgan fingerprint density at radius 2 is 2.33 bits per heavy atom. The summed E-state index contributed by atoms with van der Waals surface area (Å²) in [5.74, 6) is -1.12. The Labute approximate surface area is 85.3 Å². The number of aliphatic hydroxyl groups excluding tert-OH is 1. The van der Waals surface area contributed by atoms with Crippen LogP contribution in [0.2, 0.25) is 0 Å². The maximum absolute atomic E-state index is 10.7.